The second-order valence-corrected chi connectivity index (χ2v) is 5.20. The van der Waals surface area contributed by atoms with E-state index in [1.54, 1.807) is 35.0 Å². The lowest BCUT2D eigenvalue weighted by Gasteiger charge is -2.15. The van der Waals surface area contributed by atoms with Gasteiger partial charge in [0.25, 0.3) is 0 Å². The van der Waals surface area contributed by atoms with E-state index in [9.17, 15) is 4.79 Å². The molecule has 0 N–H and O–H groups in total. The number of rotatable bonds is 6. The molecule has 0 atom stereocenters. The first kappa shape index (κ1) is 15.8. The Balaban J connectivity index is 1.76. The highest BCUT2D eigenvalue weighted by Gasteiger charge is 2.05. The molecule has 0 aliphatic heterocycles. The zero-order chi connectivity index (χ0) is 15.9. The summed E-state index contributed by atoms with van der Waals surface area (Å²) in [5.74, 6) is 0.758. The van der Waals surface area contributed by atoms with Crippen LogP contribution in [-0.4, -0.2) is 40.8 Å². The van der Waals surface area contributed by atoms with Crippen molar-refractivity contribution in [1.29, 1.82) is 0 Å². The molecule has 5 nitrogen and oxygen atoms in total. The number of aryl methyl sites for hydroxylation is 2. The summed E-state index contributed by atoms with van der Waals surface area (Å²) in [6, 6.07) is 7.86. The summed E-state index contributed by atoms with van der Waals surface area (Å²) in [6.45, 7) is 3.03. The van der Waals surface area contributed by atoms with Gasteiger partial charge in [0.1, 0.15) is 12.4 Å². The van der Waals surface area contributed by atoms with E-state index in [0.717, 1.165) is 11.3 Å². The average molecular weight is 299 g/mol. The van der Waals surface area contributed by atoms with Crippen molar-refractivity contribution in [3.63, 3.8) is 0 Å². The summed E-state index contributed by atoms with van der Waals surface area (Å²) in [7, 11) is 3.60. The largest absolute Gasteiger partial charge is 0.492 e. The molecule has 1 aromatic heterocycles. The van der Waals surface area contributed by atoms with E-state index < -0.39 is 0 Å². The summed E-state index contributed by atoms with van der Waals surface area (Å²) < 4.78 is 7.31. The molecule has 0 saturated heterocycles. The van der Waals surface area contributed by atoms with Crippen LogP contribution in [0.1, 0.15) is 11.1 Å². The number of carbonyl (C=O) groups is 1. The van der Waals surface area contributed by atoms with Gasteiger partial charge in [-0.25, -0.2) is 0 Å². The van der Waals surface area contributed by atoms with E-state index in [0.29, 0.717) is 13.2 Å². The highest BCUT2D eigenvalue weighted by molar-refractivity contribution is 5.91. The Morgan fingerprint density at radius 3 is 2.73 bits per heavy atom. The Bertz CT molecular complexity index is 644. The summed E-state index contributed by atoms with van der Waals surface area (Å²) >= 11 is 0. The van der Waals surface area contributed by atoms with Gasteiger partial charge >= 0.3 is 0 Å². The average Bonchev–Trinajstić information content (AvgIpc) is 2.92. The predicted molar refractivity (Wildman–Crippen MR) is 86.6 cm³/mol. The minimum Gasteiger partial charge on any atom is -0.492 e. The SMILES string of the molecule is Cc1ccc(OCCN(C)C(=O)/C=C/c2cnn(C)c2)cc1. The molecule has 0 aliphatic rings. The zero-order valence-corrected chi connectivity index (χ0v) is 13.2. The van der Waals surface area contributed by atoms with Gasteiger partial charge in [0.2, 0.25) is 5.91 Å². The molecule has 1 aromatic carbocycles. The Morgan fingerprint density at radius 1 is 1.36 bits per heavy atom. The monoisotopic (exact) mass is 299 g/mol. The van der Waals surface area contributed by atoms with Crippen LogP contribution >= 0.6 is 0 Å². The van der Waals surface area contributed by atoms with E-state index in [1.165, 1.54) is 5.56 Å². The van der Waals surface area contributed by atoms with Gasteiger partial charge in [-0.2, -0.15) is 5.10 Å². The molecular formula is C17H21N3O2. The highest BCUT2D eigenvalue weighted by atomic mass is 16.5. The maximum Gasteiger partial charge on any atom is 0.246 e. The van der Waals surface area contributed by atoms with Crippen LogP contribution in [0.5, 0.6) is 5.75 Å². The van der Waals surface area contributed by atoms with Gasteiger partial charge in [0.15, 0.2) is 0 Å². The van der Waals surface area contributed by atoms with Gasteiger partial charge in [0, 0.05) is 31.9 Å². The summed E-state index contributed by atoms with van der Waals surface area (Å²) in [5.41, 5.74) is 2.10. The fourth-order valence-corrected chi connectivity index (χ4v) is 1.87. The third-order valence-electron chi connectivity index (χ3n) is 3.24. The molecule has 0 spiro atoms. The number of amides is 1. The van der Waals surface area contributed by atoms with Crippen molar-refractivity contribution in [2.75, 3.05) is 20.2 Å². The first-order valence-corrected chi connectivity index (χ1v) is 7.16. The maximum atomic E-state index is 12.0. The molecule has 0 bridgehead atoms. The molecular weight excluding hydrogens is 278 g/mol. The molecule has 0 radical (unpaired) electrons. The minimum atomic E-state index is -0.0589. The Morgan fingerprint density at radius 2 is 2.09 bits per heavy atom. The smallest absolute Gasteiger partial charge is 0.246 e. The van der Waals surface area contributed by atoms with E-state index in [1.807, 2.05) is 44.4 Å². The third kappa shape index (κ3) is 4.77. The number of benzene rings is 1. The van der Waals surface area contributed by atoms with Crippen LogP contribution in [0.4, 0.5) is 0 Å². The van der Waals surface area contributed by atoms with Crippen molar-refractivity contribution >= 4 is 12.0 Å². The van der Waals surface area contributed by atoms with E-state index in [2.05, 4.69) is 5.10 Å². The lowest BCUT2D eigenvalue weighted by molar-refractivity contribution is -0.125. The standard InChI is InChI=1S/C17H21N3O2/c1-14-4-7-16(8-5-14)22-11-10-19(2)17(21)9-6-15-12-18-20(3)13-15/h4-9,12-13H,10-11H2,1-3H3/b9-6+. The number of hydrogen-bond acceptors (Lipinski definition) is 3. The first-order chi connectivity index (χ1) is 10.5. The Labute approximate surface area is 130 Å². The second kappa shape index (κ2) is 7.45. The predicted octanol–water partition coefficient (Wildman–Crippen LogP) is 2.28. The first-order valence-electron chi connectivity index (χ1n) is 7.16. The summed E-state index contributed by atoms with van der Waals surface area (Å²) in [4.78, 5) is 13.6. The highest BCUT2D eigenvalue weighted by Crippen LogP contribution is 2.11. The molecule has 0 saturated carbocycles. The molecule has 2 aromatic rings. The van der Waals surface area contributed by atoms with Gasteiger partial charge in [-0.05, 0) is 25.1 Å². The molecule has 5 heteroatoms. The normalized spacial score (nSPS) is 10.9. The van der Waals surface area contributed by atoms with Gasteiger partial charge < -0.3 is 9.64 Å². The molecule has 0 fully saturated rings. The molecule has 116 valence electrons. The molecule has 1 heterocycles. The van der Waals surface area contributed by atoms with Crippen molar-refractivity contribution in [2.24, 2.45) is 7.05 Å². The van der Waals surface area contributed by atoms with Crippen LogP contribution in [0, 0.1) is 6.92 Å². The number of ether oxygens (including phenoxy) is 1. The number of carbonyl (C=O) groups excluding carboxylic acids is 1. The zero-order valence-electron chi connectivity index (χ0n) is 13.2. The molecule has 0 aliphatic carbocycles. The second-order valence-electron chi connectivity index (χ2n) is 5.20. The van der Waals surface area contributed by atoms with Crippen LogP contribution in [0.3, 0.4) is 0 Å². The maximum absolute atomic E-state index is 12.0. The van der Waals surface area contributed by atoms with Gasteiger partial charge in [-0.3, -0.25) is 9.48 Å². The van der Waals surface area contributed by atoms with Crippen molar-refractivity contribution < 1.29 is 9.53 Å². The number of hydrogen-bond donors (Lipinski definition) is 0. The lowest BCUT2D eigenvalue weighted by atomic mass is 10.2. The van der Waals surface area contributed by atoms with E-state index >= 15 is 0 Å². The minimum absolute atomic E-state index is 0.0589. The van der Waals surface area contributed by atoms with Gasteiger partial charge in [-0.1, -0.05) is 17.7 Å². The number of aromatic nitrogens is 2. The van der Waals surface area contributed by atoms with Crippen molar-refractivity contribution in [3.05, 3.63) is 53.9 Å². The Kier molecular flexibility index (Phi) is 5.36. The molecule has 0 unspecified atom stereocenters. The van der Waals surface area contributed by atoms with Crippen molar-refractivity contribution in [1.82, 2.24) is 14.7 Å². The topological polar surface area (TPSA) is 47.4 Å². The summed E-state index contributed by atoms with van der Waals surface area (Å²) in [5, 5.41) is 4.05. The fourth-order valence-electron chi connectivity index (χ4n) is 1.87. The van der Waals surface area contributed by atoms with Crippen LogP contribution in [-0.2, 0) is 11.8 Å². The third-order valence-corrected chi connectivity index (χ3v) is 3.24. The van der Waals surface area contributed by atoms with Crippen molar-refractivity contribution in [3.8, 4) is 5.75 Å². The Hall–Kier alpha value is -2.56. The van der Waals surface area contributed by atoms with Crippen LogP contribution < -0.4 is 4.74 Å². The molecule has 22 heavy (non-hydrogen) atoms. The lowest BCUT2D eigenvalue weighted by Crippen LogP contribution is -2.29. The molecule has 2 rings (SSSR count). The van der Waals surface area contributed by atoms with Gasteiger partial charge in [-0.15, -0.1) is 0 Å². The fraction of sp³-hybridized carbons (Fsp3) is 0.294. The summed E-state index contributed by atoms with van der Waals surface area (Å²) in [6.07, 6.45) is 6.87. The van der Waals surface area contributed by atoms with Crippen LogP contribution in [0.25, 0.3) is 6.08 Å². The van der Waals surface area contributed by atoms with Crippen molar-refractivity contribution in [2.45, 2.75) is 6.92 Å². The quantitative estimate of drug-likeness (QED) is 0.769. The number of likely N-dealkylation sites (N-methyl/N-ethyl adjacent to an activating group) is 1. The van der Waals surface area contributed by atoms with Crippen LogP contribution in [0.2, 0.25) is 0 Å². The molecule has 1 amide bonds. The number of nitrogens with zero attached hydrogens (tertiary/aromatic N) is 3. The van der Waals surface area contributed by atoms with E-state index in [4.69, 9.17) is 4.74 Å². The van der Waals surface area contributed by atoms with E-state index in [-0.39, 0.29) is 5.91 Å². The van der Waals surface area contributed by atoms with Crippen LogP contribution in [0.15, 0.2) is 42.7 Å². The van der Waals surface area contributed by atoms with Gasteiger partial charge in [0.05, 0.1) is 12.7 Å².